The zero-order valence-electron chi connectivity index (χ0n) is 36.3. The molecular formula is C55H56N2SiZr. The Morgan fingerprint density at radius 2 is 1.02 bits per heavy atom. The van der Waals surface area contributed by atoms with Crippen LogP contribution in [0.4, 0.5) is 0 Å². The Balaban J connectivity index is 0.00000176. The third-order valence-electron chi connectivity index (χ3n) is 13.3. The first-order chi connectivity index (χ1) is 27.2. The van der Waals surface area contributed by atoms with Crippen LogP contribution >= 0.6 is 0 Å². The Morgan fingerprint density at radius 1 is 0.542 bits per heavy atom. The van der Waals surface area contributed by atoms with Gasteiger partial charge in [-0.25, -0.2) is 0 Å². The Bertz CT molecular complexity index is 3160. The fraction of sp³-hybridized carbons (Fsp3) is 0.200. The van der Waals surface area contributed by atoms with E-state index in [-0.39, 0.29) is 41.1 Å². The third-order valence-corrected chi connectivity index (χ3v) is 18.1. The summed E-state index contributed by atoms with van der Waals surface area (Å²) < 4.78 is 4.66. The summed E-state index contributed by atoms with van der Waals surface area (Å²) in [6.07, 6.45) is 2.43. The topological polar surface area (TPSA) is 9.86 Å². The van der Waals surface area contributed by atoms with Crippen LogP contribution < -0.4 is 10.4 Å². The summed E-state index contributed by atoms with van der Waals surface area (Å²) in [4.78, 5) is 0. The van der Waals surface area contributed by atoms with Crippen LogP contribution in [-0.2, 0) is 40.3 Å². The minimum Gasteiger partial charge on any atom is -0.358 e. The van der Waals surface area contributed by atoms with Crippen molar-refractivity contribution in [2.75, 3.05) is 0 Å². The molecule has 0 amide bonds. The van der Waals surface area contributed by atoms with E-state index in [1.807, 2.05) is 0 Å². The Hall–Kier alpha value is -4.76. The van der Waals surface area contributed by atoms with E-state index in [0.29, 0.717) is 5.92 Å². The van der Waals surface area contributed by atoms with E-state index in [1.165, 1.54) is 117 Å². The molecule has 2 aromatic heterocycles. The number of para-hydroxylation sites is 2. The van der Waals surface area contributed by atoms with E-state index in [9.17, 15) is 0 Å². The van der Waals surface area contributed by atoms with Crippen molar-refractivity contribution < 1.29 is 26.2 Å². The predicted octanol–water partition coefficient (Wildman–Crippen LogP) is 14.4. The molecule has 0 aliphatic carbocycles. The predicted molar refractivity (Wildman–Crippen MR) is 260 cm³/mol. The van der Waals surface area contributed by atoms with E-state index in [1.54, 1.807) is 10.4 Å². The number of benzene rings is 6. The van der Waals surface area contributed by atoms with Crippen molar-refractivity contribution >= 4 is 83.6 Å². The van der Waals surface area contributed by atoms with Crippen molar-refractivity contribution in [2.45, 2.75) is 59.0 Å². The number of hydrogen-bond donors (Lipinski definition) is 0. The average molecular weight is 864 g/mol. The van der Waals surface area contributed by atoms with Crippen molar-refractivity contribution in [1.29, 1.82) is 0 Å². The molecule has 0 saturated carbocycles. The molecule has 1 unspecified atom stereocenters. The summed E-state index contributed by atoms with van der Waals surface area (Å²) in [5.74, 6) is 0.420. The van der Waals surface area contributed by atoms with E-state index < -0.39 is 8.07 Å². The average Bonchev–Trinajstić information content (AvgIpc) is 3.95. The number of rotatable bonds is 8. The Kier molecular flexibility index (Phi) is 11.5. The molecule has 0 aliphatic rings. The number of fused-ring (bicyclic) bond motifs is 8. The molecule has 4 heteroatoms. The van der Waals surface area contributed by atoms with Crippen molar-refractivity contribution in [2.24, 2.45) is 14.1 Å². The molecule has 0 radical (unpaired) electrons. The van der Waals surface area contributed by atoms with Gasteiger partial charge in [0.2, 0.25) is 0 Å². The van der Waals surface area contributed by atoms with Gasteiger partial charge in [-0.15, -0.1) is 67.3 Å². The fourth-order valence-electron chi connectivity index (χ4n) is 10.6. The quantitative estimate of drug-likeness (QED) is 0.106. The molecular weight excluding hydrogens is 808 g/mol. The van der Waals surface area contributed by atoms with Crippen LogP contribution in [0.2, 0.25) is 12.6 Å². The van der Waals surface area contributed by atoms with Gasteiger partial charge in [-0.1, -0.05) is 125 Å². The zero-order valence-corrected chi connectivity index (χ0v) is 39.8. The molecule has 0 bridgehead atoms. The molecule has 0 aliphatic heterocycles. The van der Waals surface area contributed by atoms with Gasteiger partial charge in [0.1, 0.15) is 0 Å². The molecule has 0 fully saturated rings. The normalized spacial score (nSPS) is 12.7. The summed E-state index contributed by atoms with van der Waals surface area (Å²) in [5, 5.41) is 14.3. The molecule has 0 N–H and O–H groups in total. The van der Waals surface area contributed by atoms with Crippen LogP contribution in [0.1, 0.15) is 50.7 Å². The molecule has 294 valence electrons. The summed E-state index contributed by atoms with van der Waals surface area (Å²) in [7, 11) is 2.07. The van der Waals surface area contributed by atoms with Crippen molar-refractivity contribution in [3.63, 3.8) is 0 Å². The first kappa shape index (κ1) is 42.4. The largest absolute Gasteiger partial charge is 4.00 e. The standard InChI is InChI=1S/C53H50N2Si.2CH3.Zr/c1-8-9-28-56(7,52-34(4)29-44-37(18-14-20-41(44)52)35-24-26-50-46(30-35)39-16-10-12-22-48(39)54(50)5)53-42-21-15-19-38(45(42)32-43(53)33(2)3)36-25-27-51-47(31-36)40-17-11-13-23-49(40)55(51)6;;;/h10-27,29-33H,8-9,28H2,1-7H3;2*1H3;/q-2;2*-1;+4. The van der Waals surface area contributed by atoms with Gasteiger partial charge in [-0.05, 0) is 53.4 Å². The van der Waals surface area contributed by atoms with Crippen molar-refractivity contribution in [1.82, 2.24) is 9.13 Å². The molecule has 1 atom stereocenters. The Morgan fingerprint density at radius 3 is 1.53 bits per heavy atom. The van der Waals surface area contributed by atoms with Gasteiger partial charge in [-0.2, -0.15) is 12.1 Å². The molecule has 8 aromatic carbocycles. The van der Waals surface area contributed by atoms with E-state index >= 15 is 0 Å². The minimum absolute atomic E-state index is 0. The van der Waals surface area contributed by atoms with Gasteiger partial charge in [0, 0.05) is 65.8 Å². The molecule has 10 rings (SSSR count). The van der Waals surface area contributed by atoms with Crippen LogP contribution in [0.3, 0.4) is 0 Å². The van der Waals surface area contributed by atoms with Crippen molar-refractivity contribution in [3.05, 3.63) is 159 Å². The second-order valence-electron chi connectivity index (χ2n) is 16.9. The Labute approximate surface area is 371 Å². The first-order valence-electron chi connectivity index (χ1n) is 20.6. The van der Waals surface area contributed by atoms with Gasteiger partial charge in [0.05, 0.1) is 0 Å². The molecule has 2 heterocycles. The smallest absolute Gasteiger partial charge is 0.358 e. The molecule has 10 aromatic rings. The maximum Gasteiger partial charge on any atom is 4.00 e. The number of hydrogen-bond acceptors (Lipinski definition) is 0. The molecule has 2 nitrogen and oxygen atoms in total. The fourth-order valence-corrected chi connectivity index (χ4v) is 16.0. The van der Waals surface area contributed by atoms with Crippen LogP contribution in [-0.4, -0.2) is 17.2 Å². The summed E-state index contributed by atoms with van der Waals surface area (Å²) in [6.45, 7) is 12.3. The van der Waals surface area contributed by atoms with Crippen molar-refractivity contribution in [3.8, 4) is 22.3 Å². The van der Waals surface area contributed by atoms with Crippen LogP contribution in [0.5, 0.6) is 0 Å². The monoisotopic (exact) mass is 862 g/mol. The van der Waals surface area contributed by atoms with Gasteiger partial charge < -0.3 is 24.0 Å². The van der Waals surface area contributed by atoms with Crippen LogP contribution in [0.15, 0.2) is 133 Å². The minimum atomic E-state index is -2.31. The molecule has 59 heavy (non-hydrogen) atoms. The number of aromatic nitrogens is 2. The van der Waals surface area contributed by atoms with Crippen LogP contribution in [0, 0.1) is 21.8 Å². The number of unbranched alkanes of at least 4 members (excludes halogenated alkanes) is 1. The van der Waals surface area contributed by atoms with E-state index in [2.05, 4.69) is 191 Å². The van der Waals surface area contributed by atoms with Crippen LogP contribution in [0.25, 0.3) is 87.4 Å². The third kappa shape index (κ3) is 6.36. The summed E-state index contributed by atoms with van der Waals surface area (Å²) in [5.41, 5.74) is 13.4. The van der Waals surface area contributed by atoms with Gasteiger partial charge in [0.15, 0.2) is 0 Å². The number of aryl methyl sites for hydroxylation is 3. The second kappa shape index (κ2) is 16.0. The first-order valence-corrected chi connectivity index (χ1v) is 23.3. The summed E-state index contributed by atoms with van der Waals surface area (Å²) >= 11 is 0. The zero-order chi connectivity index (χ0) is 38.5. The van der Waals surface area contributed by atoms with Gasteiger partial charge in [0.25, 0.3) is 0 Å². The summed E-state index contributed by atoms with van der Waals surface area (Å²) in [6, 6.07) is 52.4. The van der Waals surface area contributed by atoms with E-state index in [0.717, 1.165) is 0 Å². The van der Waals surface area contributed by atoms with E-state index in [4.69, 9.17) is 0 Å². The maximum absolute atomic E-state index is 2.70. The van der Waals surface area contributed by atoms with Gasteiger partial charge >= 0.3 is 26.2 Å². The SMILES string of the molecule is CCCC[Si](C)([c-]1c(C)cc2c(-c3ccc4c(c3)c3ccccc3n4C)cccc21)[c-]1c(C(C)C)cc2c(-c3ccc4c(c3)c3ccccc3n4C)cccc21.[CH3-].[CH3-].[Zr+4]. The molecule has 0 saturated heterocycles. The maximum atomic E-state index is 2.70. The number of nitrogens with zero attached hydrogens (tertiary/aromatic N) is 2. The molecule has 0 spiro atoms. The second-order valence-corrected chi connectivity index (χ2v) is 21.1. The van der Waals surface area contributed by atoms with Gasteiger partial charge in [-0.3, -0.25) is 0 Å².